The Morgan fingerprint density at radius 1 is 1.14 bits per heavy atom. The van der Waals surface area contributed by atoms with E-state index in [4.69, 9.17) is 11.6 Å². The van der Waals surface area contributed by atoms with Gasteiger partial charge in [-0.15, -0.1) is 0 Å². The molecule has 0 radical (unpaired) electrons. The second kappa shape index (κ2) is 6.16. The van der Waals surface area contributed by atoms with E-state index in [1.807, 2.05) is 61.5 Å². The number of fused-ring (bicyclic) bond motifs is 1. The van der Waals surface area contributed by atoms with Gasteiger partial charge in [0.25, 0.3) is 5.91 Å². The molecule has 0 atom stereocenters. The normalized spacial score (nSPS) is 10.6. The van der Waals surface area contributed by atoms with Gasteiger partial charge in [0.1, 0.15) is 0 Å². The zero-order valence-corrected chi connectivity index (χ0v) is 12.9. The van der Waals surface area contributed by atoms with E-state index in [2.05, 4.69) is 10.3 Å². The fourth-order valence-corrected chi connectivity index (χ4v) is 2.50. The fraction of sp³-hybridized carbons (Fsp3) is 0.111. The Kier molecular flexibility index (Phi) is 4.07. The highest BCUT2D eigenvalue weighted by Crippen LogP contribution is 2.18. The summed E-state index contributed by atoms with van der Waals surface area (Å²) in [6.45, 7) is 2.36. The number of pyridine rings is 1. The van der Waals surface area contributed by atoms with Crippen molar-refractivity contribution in [2.45, 2.75) is 13.5 Å². The molecule has 0 spiro atoms. The SMILES string of the molecule is Cc1cc(C(=O)NCc2ccc(Cl)cc2)c2ccccc2n1. The van der Waals surface area contributed by atoms with Gasteiger partial charge in [-0.1, -0.05) is 41.9 Å². The van der Waals surface area contributed by atoms with E-state index in [0.29, 0.717) is 17.1 Å². The quantitative estimate of drug-likeness (QED) is 0.790. The third-order valence-electron chi connectivity index (χ3n) is 3.46. The highest BCUT2D eigenvalue weighted by atomic mass is 35.5. The van der Waals surface area contributed by atoms with E-state index in [-0.39, 0.29) is 5.91 Å². The van der Waals surface area contributed by atoms with Gasteiger partial charge in [-0.25, -0.2) is 0 Å². The minimum Gasteiger partial charge on any atom is -0.348 e. The lowest BCUT2D eigenvalue weighted by molar-refractivity contribution is 0.0952. The second-order valence-corrected chi connectivity index (χ2v) is 5.57. The van der Waals surface area contributed by atoms with Gasteiger partial charge in [-0.2, -0.15) is 0 Å². The van der Waals surface area contributed by atoms with Crippen molar-refractivity contribution >= 4 is 28.4 Å². The van der Waals surface area contributed by atoms with Crippen LogP contribution in [0.25, 0.3) is 10.9 Å². The molecule has 1 heterocycles. The van der Waals surface area contributed by atoms with Gasteiger partial charge in [0.15, 0.2) is 0 Å². The zero-order chi connectivity index (χ0) is 15.5. The summed E-state index contributed by atoms with van der Waals surface area (Å²) in [7, 11) is 0. The Morgan fingerprint density at radius 2 is 1.86 bits per heavy atom. The highest BCUT2D eigenvalue weighted by molar-refractivity contribution is 6.30. The first-order valence-electron chi connectivity index (χ1n) is 7.02. The van der Waals surface area contributed by atoms with Crippen LogP contribution in [0.15, 0.2) is 54.6 Å². The van der Waals surface area contributed by atoms with Gasteiger partial charge in [0.2, 0.25) is 0 Å². The Morgan fingerprint density at radius 3 is 2.64 bits per heavy atom. The van der Waals surface area contributed by atoms with Crippen LogP contribution in [0.3, 0.4) is 0 Å². The van der Waals surface area contributed by atoms with Crippen LogP contribution in [-0.2, 0) is 6.54 Å². The molecule has 1 N–H and O–H groups in total. The number of carbonyl (C=O) groups is 1. The summed E-state index contributed by atoms with van der Waals surface area (Å²) in [6, 6.07) is 16.9. The van der Waals surface area contributed by atoms with Gasteiger partial charge in [-0.3, -0.25) is 9.78 Å². The summed E-state index contributed by atoms with van der Waals surface area (Å²) >= 11 is 5.86. The minimum absolute atomic E-state index is 0.100. The van der Waals surface area contributed by atoms with E-state index < -0.39 is 0 Å². The molecule has 0 bridgehead atoms. The lowest BCUT2D eigenvalue weighted by Gasteiger charge is -2.09. The second-order valence-electron chi connectivity index (χ2n) is 5.14. The van der Waals surface area contributed by atoms with Crippen LogP contribution >= 0.6 is 11.6 Å². The molecule has 4 heteroatoms. The van der Waals surface area contributed by atoms with Crippen molar-refractivity contribution in [3.63, 3.8) is 0 Å². The number of hydrogen-bond donors (Lipinski definition) is 1. The predicted octanol–water partition coefficient (Wildman–Crippen LogP) is 4.13. The summed E-state index contributed by atoms with van der Waals surface area (Å²) < 4.78 is 0. The van der Waals surface area contributed by atoms with Crippen LogP contribution in [0.1, 0.15) is 21.6 Å². The molecule has 1 aromatic heterocycles. The number of hydrogen-bond acceptors (Lipinski definition) is 2. The molecular weight excluding hydrogens is 296 g/mol. The number of carbonyl (C=O) groups excluding carboxylic acids is 1. The van der Waals surface area contributed by atoms with Crippen molar-refractivity contribution in [2.75, 3.05) is 0 Å². The highest BCUT2D eigenvalue weighted by Gasteiger charge is 2.11. The number of nitrogens with zero attached hydrogens (tertiary/aromatic N) is 1. The molecule has 0 aliphatic carbocycles. The molecule has 3 aromatic rings. The smallest absolute Gasteiger partial charge is 0.252 e. The Hall–Kier alpha value is -2.39. The maximum absolute atomic E-state index is 12.5. The van der Waals surface area contributed by atoms with Crippen molar-refractivity contribution < 1.29 is 4.79 Å². The summed E-state index contributed by atoms with van der Waals surface area (Å²) in [4.78, 5) is 16.9. The van der Waals surface area contributed by atoms with Crippen molar-refractivity contribution in [2.24, 2.45) is 0 Å². The maximum Gasteiger partial charge on any atom is 0.252 e. The number of benzene rings is 2. The van der Waals surface area contributed by atoms with Gasteiger partial charge < -0.3 is 5.32 Å². The van der Waals surface area contributed by atoms with Crippen molar-refractivity contribution in [1.29, 1.82) is 0 Å². The number of aryl methyl sites for hydroxylation is 1. The molecule has 0 aliphatic heterocycles. The van der Waals surface area contributed by atoms with Crippen molar-refractivity contribution in [1.82, 2.24) is 10.3 Å². The largest absolute Gasteiger partial charge is 0.348 e. The van der Waals surface area contributed by atoms with Crippen LogP contribution in [0.2, 0.25) is 5.02 Å². The van der Waals surface area contributed by atoms with Gasteiger partial charge in [0.05, 0.1) is 11.1 Å². The average molecular weight is 311 g/mol. The topological polar surface area (TPSA) is 42.0 Å². The third kappa shape index (κ3) is 3.10. The lowest BCUT2D eigenvalue weighted by Crippen LogP contribution is -2.23. The minimum atomic E-state index is -0.100. The molecule has 22 heavy (non-hydrogen) atoms. The third-order valence-corrected chi connectivity index (χ3v) is 3.71. The molecule has 0 unspecified atom stereocenters. The number of amides is 1. The number of nitrogens with one attached hydrogen (secondary N) is 1. The van der Waals surface area contributed by atoms with Crippen molar-refractivity contribution in [3.8, 4) is 0 Å². The van der Waals surface area contributed by atoms with Crippen molar-refractivity contribution in [3.05, 3.63) is 76.4 Å². The van der Waals surface area contributed by atoms with Gasteiger partial charge in [0, 0.05) is 22.6 Å². The van der Waals surface area contributed by atoms with E-state index >= 15 is 0 Å². The number of para-hydroxylation sites is 1. The number of halogens is 1. The molecule has 110 valence electrons. The summed E-state index contributed by atoms with van der Waals surface area (Å²) in [5, 5.41) is 4.49. The van der Waals surface area contributed by atoms with Crippen LogP contribution in [0.5, 0.6) is 0 Å². The Labute approximate surface area is 133 Å². The monoisotopic (exact) mass is 310 g/mol. The molecule has 1 amide bonds. The standard InChI is InChI=1S/C18H15ClN2O/c1-12-10-16(15-4-2-3-5-17(15)21-12)18(22)20-11-13-6-8-14(19)9-7-13/h2-10H,11H2,1H3,(H,20,22). The maximum atomic E-state index is 12.5. The van der Waals surface area contributed by atoms with Gasteiger partial charge >= 0.3 is 0 Å². The van der Waals surface area contributed by atoms with Crippen LogP contribution in [0, 0.1) is 6.92 Å². The average Bonchev–Trinajstić information content (AvgIpc) is 2.53. The first kappa shape index (κ1) is 14.5. The molecule has 3 rings (SSSR count). The molecular formula is C18H15ClN2O. The fourth-order valence-electron chi connectivity index (χ4n) is 2.38. The first-order valence-corrected chi connectivity index (χ1v) is 7.40. The molecule has 0 fully saturated rings. The summed E-state index contributed by atoms with van der Waals surface area (Å²) in [5.41, 5.74) is 3.32. The van der Waals surface area contributed by atoms with Crippen LogP contribution in [0.4, 0.5) is 0 Å². The molecule has 0 saturated heterocycles. The lowest BCUT2D eigenvalue weighted by atomic mass is 10.1. The number of aromatic nitrogens is 1. The van der Waals surface area contributed by atoms with Crippen LogP contribution in [-0.4, -0.2) is 10.9 Å². The van der Waals surface area contributed by atoms with E-state index in [9.17, 15) is 4.79 Å². The van der Waals surface area contributed by atoms with E-state index in [1.165, 1.54) is 0 Å². The van der Waals surface area contributed by atoms with Gasteiger partial charge in [-0.05, 0) is 36.8 Å². The Bertz CT molecular complexity index is 828. The molecule has 0 saturated carbocycles. The van der Waals surface area contributed by atoms with E-state index in [0.717, 1.165) is 22.2 Å². The number of rotatable bonds is 3. The first-order chi connectivity index (χ1) is 10.6. The Balaban J connectivity index is 1.84. The summed E-state index contributed by atoms with van der Waals surface area (Å²) in [6.07, 6.45) is 0. The summed E-state index contributed by atoms with van der Waals surface area (Å²) in [5.74, 6) is -0.100. The van der Waals surface area contributed by atoms with Crippen LogP contribution < -0.4 is 5.32 Å². The molecule has 2 aromatic carbocycles. The zero-order valence-electron chi connectivity index (χ0n) is 12.1. The molecule has 3 nitrogen and oxygen atoms in total. The molecule has 0 aliphatic rings. The predicted molar refractivity (Wildman–Crippen MR) is 89.1 cm³/mol. The van der Waals surface area contributed by atoms with E-state index in [1.54, 1.807) is 0 Å².